The molecule has 5 nitrogen and oxygen atoms in total. The Bertz CT molecular complexity index is 1360. The number of unbranched alkanes of at least 4 members (excludes halogenated alkanes) is 4. The van der Waals surface area contributed by atoms with Crippen molar-refractivity contribution in [3.63, 3.8) is 0 Å². The van der Waals surface area contributed by atoms with Crippen LogP contribution in [0.15, 0.2) is 30.3 Å². The second-order valence-corrected chi connectivity index (χ2v) is 13.8. The summed E-state index contributed by atoms with van der Waals surface area (Å²) < 4.78 is 89.3. The molecule has 2 aromatic rings. The van der Waals surface area contributed by atoms with E-state index in [1.807, 2.05) is 7.05 Å². The van der Waals surface area contributed by atoms with Crippen molar-refractivity contribution >= 4 is 21.0 Å². The zero-order valence-corrected chi connectivity index (χ0v) is 25.5. The van der Waals surface area contributed by atoms with Crippen LogP contribution in [0.1, 0.15) is 87.3 Å². The topological polar surface area (TPSA) is 77.8 Å². The van der Waals surface area contributed by atoms with Gasteiger partial charge in [-0.1, -0.05) is 25.0 Å². The van der Waals surface area contributed by atoms with Gasteiger partial charge in [-0.25, -0.2) is 17.2 Å². The molecule has 0 unspecified atom stereocenters. The van der Waals surface area contributed by atoms with Crippen LogP contribution in [0.4, 0.5) is 22.0 Å². The van der Waals surface area contributed by atoms with E-state index in [-0.39, 0.29) is 11.5 Å². The highest BCUT2D eigenvalue weighted by Crippen LogP contribution is 2.41. The molecule has 0 amide bonds. The quantitative estimate of drug-likeness (QED) is 0.145. The maximum absolute atomic E-state index is 14.9. The van der Waals surface area contributed by atoms with Crippen molar-refractivity contribution in [1.29, 1.82) is 0 Å². The van der Waals surface area contributed by atoms with Crippen molar-refractivity contribution in [1.82, 2.24) is 4.90 Å². The Hall–Kier alpha value is -2.66. The molecule has 11 heteroatoms. The monoisotopic (exact) mass is 631 g/mol. The van der Waals surface area contributed by atoms with Gasteiger partial charge in [0.1, 0.15) is 9.84 Å². The molecular weight excluding hydrogens is 589 g/mol. The fraction of sp³-hybridized carbons (Fsp3) is 0.562. The van der Waals surface area contributed by atoms with E-state index in [0.29, 0.717) is 56.2 Å². The second-order valence-electron chi connectivity index (χ2n) is 11.4. The van der Waals surface area contributed by atoms with E-state index in [1.165, 1.54) is 18.2 Å². The Morgan fingerprint density at radius 3 is 2.21 bits per heavy atom. The summed E-state index contributed by atoms with van der Waals surface area (Å²) in [4.78, 5) is 2.12. The van der Waals surface area contributed by atoms with Crippen LogP contribution in [0, 0.1) is 11.6 Å². The molecule has 0 atom stereocenters. The number of fused-ring (bicyclic) bond motifs is 1. The molecule has 2 N–H and O–H groups in total. The first-order valence-corrected chi connectivity index (χ1v) is 16.8. The van der Waals surface area contributed by atoms with E-state index in [0.717, 1.165) is 48.9 Å². The van der Waals surface area contributed by atoms with Gasteiger partial charge < -0.3 is 15.1 Å². The average molecular weight is 632 g/mol. The molecule has 0 bridgehead atoms. The number of phenols is 2. The SMILES string of the molecule is CN(CCCCCCC1=C(c2ccc(F)c(O)c2)CCCc2c1ccc(O)c2F)CCCCS(=O)(=O)CCCC(F)(F)F. The van der Waals surface area contributed by atoms with Gasteiger partial charge in [-0.05, 0) is 124 Å². The van der Waals surface area contributed by atoms with Crippen LogP contribution in [0.5, 0.6) is 11.5 Å². The molecule has 1 aliphatic carbocycles. The van der Waals surface area contributed by atoms with Gasteiger partial charge in [0.25, 0.3) is 0 Å². The fourth-order valence-electron chi connectivity index (χ4n) is 5.64. The molecule has 1 aliphatic rings. The van der Waals surface area contributed by atoms with Gasteiger partial charge in [0.2, 0.25) is 0 Å². The highest BCUT2D eigenvalue weighted by Gasteiger charge is 2.27. The van der Waals surface area contributed by atoms with Crippen molar-refractivity contribution in [3.8, 4) is 11.5 Å². The van der Waals surface area contributed by atoms with E-state index in [2.05, 4.69) is 4.90 Å². The highest BCUT2D eigenvalue weighted by atomic mass is 32.2. The minimum Gasteiger partial charge on any atom is -0.505 e. The van der Waals surface area contributed by atoms with E-state index in [1.54, 1.807) is 12.1 Å². The highest BCUT2D eigenvalue weighted by molar-refractivity contribution is 7.91. The lowest BCUT2D eigenvalue weighted by Crippen LogP contribution is -2.22. The van der Waals surface area contributed by atoms with E-state index < -0.39 is 52.0 Å². The first-order chi connectivity index (χ1) is 20.3. The van der Waals surface area contributed by atoms with Gasteiger partial charge in [-0.2, -0.15) is 13.2 Å². The van der Waals surface area contributed by atoms with Crippen molar-refractivity contribution < 1.29 is 40.6 Å². The number of allylic oxidation sites excluding steroid dienone is 2. The summed E-state index contributed by atoms with van der Waals surface area (Å²) >= 11 is 0. The Morgan fingerprint density at radius 2 is 1.51 bits per heavy atom. The number of phenolic OH excluding ortho intramolecular Hbond substituents is 2. The Balaban J connectivity index is 1.48. The normalized spacial score (nSPS) is 14.3. The van der Waals surface area contributed by atoms with Crippen molar-refractivity contribution in [2.24, 2.45) is 0 Å². The first-order valence-electron chi connectivity index (χ1n) is 14.9. The lowest BCUT2D eigenvalue weighted by atomic mass is 9.88. The van der Waals surface area contributed by atoms with Gasteiger partial charge in [-0.3, -0.25) is 0 Å². The minimum absolute atomic E-state index is 0.0965. The summed E-state index contributed by atoms with van der Waals surface area (Å²) in [5.41, 5.74) is 3.82. The zero-order valence-electron chi connectivity index (χ0n) is 24.7. The molecule has 0 saturated heterocycles. The van der Waals surface area contributed by atoms with Gasteiger partial charge in [-0.15, -0.1) is 0 Å². The molecule has 0 aromatic heterocycles. The standard InChI is InChI=1S/C32H42F5NO4S/c1-38(19-6-7-20-43(41,42)21-9-17-32(35,36)37)18-5-3-2-4-10-25-24(23-13-15-28(33)30(40)22-23)11-8-12-27-26(25)14-16-29(39)31(27)34/h13-16,22,39-40H,2-12,17-21H2,1H3. The third-order valence-electron chi connectivity index (χ3n) is 7.94. The number of nitrogens with zero attached hydrogens (tertiary/aromatic N) is 1. The summed E-state index contributed by atoms with van der Waals surface area (Å²) in [6.45, 7) is 1.53. The van der Waals surface area contributed by atoms with E-state index in [9.17, 15) is 40.6 Å². The lowest BCUT2D eigenvalue weighted by Gasteiger charge is -2.18. The van der Waals surface area contributed by atoms with Crippen molar-refractivity contribution in [3.05, 3.63) is 58.7 Å². The summed E-state index contributed by atoms with van der Waals surface area (Å²) in [6.07, 6.45) is 1.32. The lowest BCUT2D eigenvalue weighted by molar-refractivity contribution is -0.134. The number of halogens is 5. The predicted octanol–water partition coefficient (Wildman–Crippen LogP) is 8.04. The molecule has 2 aromatic carbocycles. The molecule has 0 fully saturated rings. The van der Waals surface area contributed by atoms with Crippen molar-refractivity contribution in [2.45, 2.75) is 83.2 Å². The fourth-order valence-corrected chi connectivity index (χ4v) is 7.08. The molecule has 240 valence electrons. The predicted molar refractivity (Wildman–Crippen MR) is 160 cm³/mol. The average Bonchev–Trinajstić information content (AvgIpc) is 3.11. The third kappa shape index (κ3) is 11.1. The smallest absolute Gasteiger partial charge is 0.389 e. The number of alkyl halides is 3. The molecule has 0 saturated carbocycles. The summed E-state index contributed by atoms with van der Waals surface area (Å²) in [7, 11) is -1.52. The Kier molecular flexibility index (Phi) is 12.9. The number of hydrogen-bond acceptors (Lipinski definition) is 5. The number of rotatable bonds is 16. The van der Waals surface area contributed by atoms with Crippen LogP contribution in [-0.2, 0) is 16.3 Å². The molecule has 0 heterocycles. The van der Waals surface area contributed by atoms with Gasteiger partial charge in [0, 0.05) is 6.42 Å². The number of aromatic hydroxyl groups is 2. The first kappa shape index (κ1) is 34.8. The molecule has 3 rings (SSSR count). The van der Waals surface area contributed by atoms with Gasteiger partial charge in [0.05, 0.1) is 11.5 Å². The zero-order chi connectivity index (χ0) is 31.6. The van der Waals surface area contributed by atoms with Crippen LogP contribution < -0.4 is 0 Å². The Morgan fingerprint density at radius 1 is 0.837 bits per heavy atom. The second kappa shape index (κ2) is 15.9. The van der Waals surface area contributed by atoms with E-state index >= 15 is 0 Å². The molecule has 0 aliphatic heterocycles. The van der Waals surface area contributed by atoms with Crippen LogP contribution in [0.25, 0.3) is 11.1 Å². The van der Waals surface area contributed by atoms with Gasteiger partial charge in [0.15, 0.2) is 23.1 Å². The van der Waals surface area contributed by atoms with Crippen LogP contribution in [0.3, 0.4) is 0 Å². The van der Waals surface area contributed by atoms with Crippen molar-refractivity contribution in [2.75, 3.05) is 31.6 Å². The van der Waals surface area contributed by atoms with E-state index in [4.69, 9.17) is 0 Å². The third-order valence-corrected chi connectivity index (χ3v) is 9.76. The molecule has 0 spiro atoms. The Labute approximate surface area is 251 Å². The summed E-state index contributed by atoms with van der Waals surface area (Å²) in [5, 5.41) is 19.9. The maximum Gasteiger partial charge on any atom is 0.389 e. The largest absolute Gasteiger partial charge is 0.505 e. The van der Waals surface area contributed by atoms with Crippen LogP contribution in [0.2, 0.25) is 0 Å². The molecule has 0 radical (unpaired) electrons. The number of benzene rings is 2. The van der Waals surface area contributed by atoms with Gasteiger partial charge >= 0.3 is 6.18 Å². The maximum atomic E-state index is 14.9. The summed E-state index contributed by atoms with van der Waals surface area (Å²) in [5.74, 6) is -2.66. The molecular formula is C32H42F5NO4S. The number of sulfone groups is 1. The number of hydrogen-bond donors (Lipinski definition) is 2. The van der Waals surface area contributed by atoms with Crippen LogP contribution in [-0.4, -0.2) is 61.3 Å². The molecule has 43 heavy (non-hydrogen) atoms. The minimum atomic E-state index is -4.34. The summed E-state index contributed by atoms with van der Waals surface area (Å²) in [6, 6.07) is 7.36. The van der Waals surface area contributed by atoms with Crippen LogP contribution >= 0.6 is 0 Å².